The maximum absolute atomic E-state index is 13.1. The molecule has 0 amide bonds. The van der Waals surface area contributed by atoms with Crippen LogP contribution in [-0.2, 0) is 42.1 Å². The summed E-state index contributed by atoms with van der Waals surface area (Å²) in [6.07, 6.45) is -9.83. The number of aromatic nitrogens is 1. The largest absolute Gasteiger partial charge is 0.489 e. The summed E-state index contributed by atoms with van der Waals surface area (Å²) in [4.78, 5) is 13.7. The fraction of sp³-hybridized carbons (Fsp3) is 0.375. The zero-order valence-corrected chi connectivity index (χ0v) is 18.8. The quantitative estimate of drug-likeness (QED) is 0.336. The lowest BCUT2D eigenvalue weighted by molar-refractivity contribution is -0.151. The van der Waals surface area contributed by atoms with Crippen molar-refractivity contribution in [1.82, 2.24) is 9.47 Å². The van der Waals surface area contributed by atoms with Gasteiger partial charge in [-0.2, -0.15) is 26.3 Å². The van der Waals surface area contributed by atoms with Crippen LogP contribution < -0.4 is 4.74 Å². The van der Waals surface area contributed by atoms with E-state index in [1.807, 2.05) is 17.7 Å². The lowest BCUT2D eigenvalue weighted by Crippen LogP contribution is -2.50. The highest BCUT2D eigenvalue weighted by Gasteiger charge is 2.37. The number of benzene rings is 2. The van der Waals surface area contributed by atoms with Crippen LogP contribution in [-0.4, -0.2) is 35.6 Å². The van der Waals surface area contributed by atoms with E-state index in [-0.39, 0.29) is 23.5 Å². The zero-order valence-electron chi connectivity index (χ0n) is 18.8. The molecule has 0 atom stereocenters. The van der Waals surface area contributed by atoms with Crippen LogP contribution in [0.4, 0.5) is 26.3 Å². The molecule has 2 aromatic carbocycles. The van der Waals surface area contributed by atoms with Crippen molar-refractivity contribution in [2.45, 2.75) is 25.5 Å². The Morgan fingerprint density at radius 1 is 0.971 bits per heavy atom. The number of nitrogens with zero attached hydrogens (tertiary/aromatic N) is 2. The Labute approximate surface area is 196 Å². The Bertz CT molecular complexity index is 1210. The van der Waals surface area contributed by atoms with E-state index < -0.39 is 30.1 Å². The number of halogens is 6. The first-order valence-electron chi connectivity index (χ1n) is 10.6. The lowest BCUT2D eigenvalue weighted by atomic mass is 10.0. The van der Waals surface area contributed by atoms with Crippen LogP contribution >= 0.6 is 0 Å². The van der Waals surface area contributed by atoms with Crippen molar-refractivity contribution in [2.24, 2.45) is 13.0 Å². The summed E-state index contributed by atoms with van der Waals surface area (Å²) in [5.41, 5.74) is -1.13. The molecule has 5 nitrogen and oxygen atoms in total. The zero-order chi connectivity index (χ0) is 25.5. The van der Waals surface area contributed by atoms with Gasteiger partial charge < -0.3 is 14.0 Å². The molecule has 0 saturated carbocycles. The molecule has 2 heterocycles. The van der Waals surface area contributed by atoms with Crippen LogP contribution in [0.15, 0.2) is 42.5 Å². The Morgan fingerprint density at radius 2 is 1.60 bits per heavy atom. The molecule has 1 saturated heterocycles. The van der Waals surface area contributed by atoms with Crippen molar-refractivity contribution >= 4 is 16.9 Å². The van der Waals surface area contributed by atoms with Gasteiger partial charge >= 0.3 is 18.3 Å². The number of hydrogen-bond donors (Lipinski definition) is 0. The molecule has 0 unspecified atom stereocenters. The highest BCUT2D eigenvalue weighted by atomic mass is 19.4. The van der Waals surface area contributed by atoms with E-state index in [1.165, 1.54) is 7.11 Å². The van der Waals surface area contributed by atoms with Crippen molar-refractivity contribution < 1.29 is 40.6 Å². The number of aryl methyl sites for hydroxylation is 1. The number of alkyl halides is 6. The number of likely N-dealkylation sites (tertiary alicyclic amines) is 1. The number of hydrogen-bond acceptors (Lipinski definition) is 4. The van der Waals surface area contributed by atoms with Gasteiger partial charge in [0.15, 0.2) is 0 Å². The second kappa shape index (κ2) is 9.10. The summed E-state index contributed by atoms with van der Waals surface area (Å²) in [6.45, 7) is 1.35. The average molecular weight is 500 g/mol. The van der Waals surface area contributed by atoms with Gasteiger partial charge in [-0.25, -0.2) is 0 Å². The van der Waals surface area contributed by atoms with Crippen molar-refractivity contribution in [2.75, 3.05) is 20.2 Å². The first-order chi connectivity index (χ1) is 16.3. The van der Waals surface area contributed by atoms with Crippen molar-refractivity contribution in [3.63, 3.8) is 0 Å². The summed E-state index contributed by atoms with van der Waals surface area (Å²) in [7, 11) is 3.24. The fourth-order valence-electron chi connectivity index (χ4n) is 4.14. The first-order valence-corrected chi connectivity index (χ1v) is 10.6. The molecule has 3 aromatic rings. The molecule has 0 aliphatic carbocycles. The molecule has 0 spiro atoms. The normalized spacial score (nSPS) is 15.3. The highest BCUT2D eigenvalue weighted by molar-refractivity contribution is 5.83. The Hall–Kier alpha value is -3.21. The molecule has 1 aliphatic heterocycles. The smallest absolute Gasteiger partial charge is 0.416 e. The van der Waals surface area contributed by atoms with E-state index >= 15 is 0 Å². The van der Waals surface area contributed by atoms with Crippen LogP contribution in [0.25, 0.3) is 10.9 Å². The third-order valence-electron chi connectivity index (χ3n) is 6.04. The molecule has 188 valence electrons. The molecule has 11 heteroatoms. The fourth-order valence-corrected chi connectivity index (χ4v) is 4.14. The van der Waals surface area contributed by atoms with Gasteiger partial charge in [0, 0.05) is 43.3 Å². The number of carbonyl (C=O) groups excluding carboxylic acids is 1. The number of carbonyl (C=O) groups is 1. The maximum Gasteiger partial charge on any atom is 0.416 e. The first kappa shape index (κ1) is 24.9. The number of methoxy groups -OCH3 is 1. The van der Waals surface area contributed by atoms with Crippen LogP contribution in [0.5, 0.6) is 5.75 Å². The molecule has 35 heavy (non-hydrogen) atoms. The van der Waals surface area contributed by atoms with E-state index in [0.717, 1.165) is 16.6 Å². The molecular weight excluding hydrogens is 478 g/mol. The number of esters is 1. The topological polar surface area (TPSA) is 43.7 Å². The van der Waals surface area contributed by atoms with E-state index in [2.05, 4.69) is 4.90 Å². The third-order valence-corrected chi connectivity index (χ3v) is 6.04. The van der Waals surface area contributed by atoms with Gasteiger partial charge in [-0.15, -0.1) is 0 Å². The molecule has 1 fully saturated rings. The van der Waals surface area contributed by atoms with E-state index in [0.29, 0.717) is 37.5 Å². The van der Waals surface area contributed by atoms with Gasteiger partial charge in [0.1, 0.15) is 12.4 Å². The Morgan fingerprint density at radius 3 is 2.17 bits per heavy atom. The lowest BCUT2D eigenvalue weighted by Gasteiger charge is -2.37. The second-order valence-corrected chi connectivity index (χ2v) is 8.53. The minimum Gasteiger partial charge on any atom is -0.489 e. The monoisotopic (exact) mass is 500 g/mol. The molecule has 0 N–H and O–H groups in total. The molecule has 0 radical (unpaired) electrons. The van der Waals surface area contributed by atoms with Crippen LogP contribution in [0.2, 0.25) is 0 Å². The van der Waals surface area contributed by atoms with E-state index in [4.69, 9.17) is 9.47 Å². The molecule has 0 bridgehead atoms. The minimum atomic E-state index is -4.91. The summed E-state index contributed by atoms with van der Waals surface area (Å²) < 4.78 is 90.7. The summed E-state index contributed by atoms with van der Waals surface area (Å²) in [6, 6.07) is 8.40. The van der Waals surface area contributed by atoms with Gasteiger partial charge in [-0.1, -0.05) is 0 Å². The SMILES string of the molecule is COC(=O)C1CN(Cc2cc3cc(OCc4cc(C(F)(F)F)cc(C(F)(F)F)c4)ccc3n2C)C1. The standard InChI is InChI=1S/C24H22F6N2O3/c1-31-19(12-32-10-16(11-32)22(33)34-2)7-15-8-20(3-4-21(15)31)35-13-14-5-17(23(25,26)27)9-18(6-14)24(28,29)30/h3-9,16H,10-13H2,1-2H3. The number of ether oxygens (including phenoxy) is 2. The molecule has 1 aromatic heterocycles. The van der Waals surface area contributed by atoms with Crippen molar-refractivity contribution in [1.29, 1.82) is 0 Å². The van der Waals surface area contributed by atoms with Gasteiger partial charge in [0.05, 0.1) is 24.2 Å². The highest BCUT2D eigenvalue weighted by Crippen LogP contribution is 2.36. The van der Waals surface area contributed by atoms with E-state index in [1.54, 1.807) is 18.2 Å². The molecular formula is C24H22F6N2O3. The average Bonchev–Trinajstić information content (AvgIpc) is 3.07. The second-order valence-electron chi connectivity index (χ2n) is 8.53. The van der Waals surface area contributed by atoms with Crippen molar-refractivity contribution in [3.05, 3.63) is 64.8 Å². The Balaban J connectivity index is 1.48. The number of fused-ring (bicyclic) bond motifs is 1. The molecule has 4 rings (SSSR count). The number of rotatable bonds is 6. The molecule has 1 aliphatic rings. The van der Waals surface area contributed by atoms with Crippen LogP contribution in [0.1, 0.15) is 22.4 Å². The third kappa shape index (κ3) is 5.39. The predicted octanol–water partition coefficient (Wildman–Crippen LogP) is 5.40. The Kier molecular flexibility index (Phi) is 6.48. The minimum absolute atomic E-state index is 0.0899. The summed E-state index contributed by atoms with van der Waals surface area (Å²) >= 11 is 0. The summed E-state index contributed by atoms with van der Waals surface area (Å²) in [5.74, 6) is -0.0538. The van der Waals surface area contributed by atoms with Crippen LogP contribution in [0, 0.1) is 5.92 Å². The summed E-state index contributed by atoms with van der Waals surface area (Å²) in [5, 5.41) is 0.810. The predicted molar refractivity (Wildman–Crippen MR) is 114 cm³/mol. The van der Waals surface area contributed by atoms with Gasteiger partial charge in [-0.05, 0) is 48.0 Å². The van der Waals surface area contributed by atoms with Crippen LogP contribution in [0.3, 0.4) is 0 Å². The van der Waals surface area contributed by atoms with Crippen molar-refractivity contribution in [3.8, 4) is 5.75 Å². The van der Waals surface area contributed by atoms with Gasteiger partial charge in [-0.3, -0.25) is 9.69 Å². The van der Waals surface area contributed by atoms with Gasteiger partial charge in [0.2, 0.25) is 0 Å². The maximum atomic E-state index is 13.1. The van der Waals surface area contributed by atoms with Gasteiger partial charge in [0.25, 0.3) is 0 Å². The van der Waals surface area contributed by atoms with E-state index in [9.17, 15) is 31.1 Å².